The Balaban J connectivity index is 2.06. The molecule has 1 aromatic rings. The second-order valence-corrected chi connectivity index (χ2v) is 6.30. The summed E-state index contributed by atoms with van der Waals surface area (Å²) >= 11 is 3.39. The number of rotatable bonds is 3. The number of nitrogens with zero attached hydrogens (tertiary/aromatic N) is 2. The molecule has 0 spiro atoms. The third-order valence-electron chi connectivity index (χ3n) is 4.18. The van der Waals surface area contributed by atoms with Crippen molar-refractivity contribution in [2.45, 2.75) is 45.4 Å². The van der Waals surface area contributed by atoms with Gasteiger partial charge in [-0.15, -0.1) is 0 Å². The Morgan fingerprint density at radius 3 is 2.67 bits per heavy atom. The van der Waals surface area contributed by atoms with Crippen LogP contribution in [0.2, 0.25) is 0 Å². The van der Waals surface area contributed by atoms with Gasteiger partial charge in [-0.3, -0.25) is 4.98 Å². The molecule has 0 atom stereocenters. The summed E-state index contributed by atoms with van der Waals surface area (Å²) in [6.07, 6.45) is 8.31. The minimum absolute atomic E-state index is 0.174. The fourth-order valence-electron chi connectivity index (χ4n) is 2.82. The van der Waals surface area contributed by atoms with Crippen molar-refractivity contribution >= 4 is 15.9 Å². The maximum atomic E-state index is 9.53. The van der Waals surface area contributed by atoms with Crippen molar-refractivity contribution < 1.29 is 0 Å². The molecule has 1 fully saturated rings. The number of pyridine rings is 1. The number of aromatic nitrogens is 1. The van der Waals surface area contributed by atoms with Crippen LogP contribution in [0.25, 0.3) is 0 Å². The molecule has 2 nitrogen and oxygen atoms in total. The molecule has 2 rings (SSSR count). The van der Waals surface area contributed by atoms with E-state index in [9.17, 15) is 5.26 Å². The Labute approximate surface area is 118 Å². The molecule has 0 aliphatic heterocycles. The van der Waals surface area contributed by atoms with Crippen LogP contribution >= 0.6 is 15.9 Å². The zero-order valence-corrected chi connectivity index (χ0v) is 12.4. The molecule has 1 aliphatic rings. The summed E-state index contributed by atoms with van der Waals surface area (Å²) in [5.41, 5.74) is 0.863. The maximum Gasteiger partial charge on any atom is 0.0693 e. The Morgan fingerprint density at radius 2 is 2.17 bits per heavy atom. The first-order chi connectivity index (χ1) is 8.67. The molecule has 1 heterocycles. The smallest absolute Gasteiger partial charge is 0.0693 e. The van der Waals surface area contributed by atoms with Crippen LogP contribution in [-0.2, 0) is 6.42 Å². The number of hydrogen-bond donors (Lipinski definition) is 0. The van der Waals surface area contributed by atoms with Gasteiger partial charge in [0.25, 0.3) is 0 Å². The lowest BCUT2D eigenvalue weighted by Crippen LogP contribution is -2.28. The topological polar surface area (TPSA) is 36.7 Å². The molecular weight excluding hydrogens is 288 g/mol. The van der Waals surface area contributed by atoms with Gasteiger partial charge in [0.1, 0.15) is 0 Å². The molecule has 0 amide bonds. The van der Waals surface area contributed by atoms with Crippen LogP contribution in [0, 0.1) is 22.7 Å². The van der Waals surface area contributed by atoms with E-state index < -0.39 is 0 Å². The average Bonchev–Trinajstić information content (AvgIpc) is 2.42. The number of nitriles is 1. The van der Waals surface area contributed by atoms with Gasteiger partial charge in [-0.1, -0.05) is 13.3 Å². The maximum absolute atomic E-state index is 9.53. The minimum Gasteiger partial charge on any atom is -0.260 e. The van der Waals surface area contributed by atoms with Gasteiger partial charge < -0.3 is 0 Å². The fourth-order valence-corrected chi connectivity index (χ4v) is 3.06. The number of halogens is 1. The van der Waals surface area contributed by atoms with Crippen molar-refractivity contribution in [2.24, 2.45) is 11.3 Å². The standard InChI is InChI=1S/C15H19BrN2/c1-2-12-5-7-15(11-17,8-6-12)9-14-4-3-13(16)10-18-14/h3-4,10,12H,2,5-9H2,1H3. The second-order valence-electron chi connectivity index (χ2n) is 5.39. The van der Waals surface area contributed by atoms with Crippen molar-refractivity contribution in [3.63, 3.8) is 0 Å². The summed E-state index contributed by atoms with van der Waals surface area (Å²) in [5, 5.41) is 9.53. The van der Waals surface area contributed by atoms with Crippen molar-refractivity contribution in [1.29, 1.82) is 5.26 Å². The number of hydrogen-bond acceptors (Lipinski definition) is 2. The van der Waals surface area contributed by atoms with E-state index >= 15 is 0 Å². The summed E-state index contributed by atoms with van der Waals surface area (Å²) in [7, 11) is 0. The molecule has 0 aromatic carbocycles. The van der Waals surface area contributed by atoms with Crippen LogP contribution in [0.15, 0.2) is 22.8 Å². The lowest BCUT2D eigenvalue weighted by molar-refractivity contribution is 0.204. The van der Waals surface area contributed by atoms with E-state index in [0.717, 1.165) is 35.3 Å². The third kappa shape index (κ3) is 3.11. The zero-order valence-electron chi connectivity index (χ0n) is 10.8. The van der Waals surface area contributed by atoms with E-state index in [1.54, 1.807) is 0 Å². The molecule has 18 heavy (non-hydrogen) atoms. The van der Waals surface area contributed by atoms with Gasteiger partial charge in [0.2, 0.25) is 0 Å². The summed E-state index contributed by atoms with van der Waals surface area (Å²) < 4.78 is 0.993. The molecule has 0 radical (unpaired) electrons. The highest BCUT2D eigenvalue weighted by Gasteiger charge is 2.35. The molecular formula is C15H19BrN2. The fraction of sp³-hybridized carbons (Fsp3) is 0.600. The highest BCUT2D eigenvalue weighted by Crippen LogP contribution is 2.41. The summed E-state index contributed by atoms with van der Waals surface area (Å²) in [6, 6.07) is 6.60. The molecule has 96 valence electrons. The van der Waals surface area contributed by atoms with Crippen LogP contribution in [0.5, 0.6) is 0 Å². The largest absolute Gasteiger partial charge is 0.260 e. The molecule has 1 saturated carbocycles. The second kappa shape index (κ2) is 5.84. The first-order valence-corrected chi connectivity index (χ1v) is 7.48. The lowest BCUT2D eigenvalue weighted by Gasteiger charge is -2.34. The van der Waals surface area contributed by atoms with Crippen molar-refractivity contribution in [3.8, 4) is 6.07 Å². The molecule has 1 aliphatic carbocycles. The predicted octanol–water partition coefficient (Wildman–Crippen LogP) is 4.50. The van der Waals surface area contributed by atoms with E-state index in [1.807, 2.05) is 18.3 Å². The molecule has 1 aromatic heterocycles. The van der Waals surface area contributed by atoms with Crippen LogP contribution in [0.4, 0.5) is 0 Å². The Bertz CT molecular complexity index is 425. The highest BCUT2D eigenvalue weighted by atomic mass is 79.9. The van der Waals surface area contributed by atoms with Gasteiger partial charge in [-0.25, -0.2) is 0 Å². The van der Waals surface area contributed by atoms with Gasteiger partial charge in [-0.2, -0.15) is 5.26 Å². The van der Waals surface area contributed by atoms with E-state index in [1.165, 1.54) is 19.3 Å². The van der Waals surface area contributed by atoms with Gasteiger partial charge in [0.15, 0.2) is 0 Å². The SMILES string of the molecule is CCC1CCC(C#N)(Cc2ccc(Br)cn2)CC1. The summed E-state index contributed by atoms with van der Waals surface area (Å²) in [5.74, 6) is 0.823. The van der Waals surface area contributed by atoms with Gasteiger partial charge in [-0.05, 0) is 59.7 Å². The monoisotopic (exact) mass is 306 g/mol. The molecule has 0 bridgehead atoms. The van der Waals surface area contributed by atoms with E-state index in [0.29, 0.717) is 0 Å². The lowest BCUT2D eigenvalue weighted by atomic mass is 9.68. The third-order valence-corrected chi connectivity index (χ3v) is 4.65. The van der Waals surface area contributed by atoms with Gasteiger partial charge in [0.05, 0.1) is 11.5 Å². The molecule has 0 unspecified atom stereocenters. The van der Waals surface area contributed by atoms with Crippen LogP contribution in [-0.4, -0.2) is 4.98 Å². The summed E-state index contributed by atoms with van der Waals surface area (Å²) in [4.78, 5) is 4.41. The van der Waals surface area contributed by atoms with Crippen molar-refractivity contribution in [2.75, 3.05) is 0 Å². The highest BCUT2D eigenvalue weighted by molar-refractivity contribution is 9.10. The minimum atomic E-state index is -0.174. The van der Waals surface area contributed by atoms with Crippen LogP contribution in [0.1, 0.15) is 44.7 Å². The van der Waals surface area contributed by atoms with Crippen molar-refractivity contribution in [1.82, 2.24) is 4.98 Å². The molecule has 0 saturated heterocycles. The Morgan fingerprint density at radius 1 is 1.44 bits per heavy atom. The van der Waals surface area contributed by atoms with E-state index in [2.05, 4.69) is 33.9 Å². The normalized spacial score (nSPS) is 27.7. The average molecular weight is 307 g/mol. The summed E-state index contributed by atoms with van der Waals surface area (Å²) in [6.45, 7) is 2.25. The van der Waals surface area contributed by atoms with Crippen LogP contribution < -0.4 is 0 Å². The first-order valence-electron chi connectivity index (χ1n) is 6.69. The van der Waals surface area contributed by atoms with Gasteiger partial charge >= 0.3 is 0 Å². The van der Waals surface area contributed by atoms with E-state index in [4.69, 9.17) is 0 Å². The Hall–Kier alpha value is -0.880. The van der Waals surface area contributed by atoms with Gasteiger partial charge in [0, 0.05) is 22.8 Å². The predicted molar refractivity (Wildman–Crippen MR) is 75.9 cm³/mol. The molecule has 0 N–H and O–H groups in total. The van der Waals surface area contributed by atoms with Crippen LogP contribution in [0.3, 0.4) is 0 Å². The quantitative estimate of drug-likeness (QED) is 0.824. The Kier molecular flexibility index (Phi) is 4.40. The van der Waals surface area contributed by atoms with Crippen molar-refractivity contribution in [3.05, 3.63) is 28.5 Å². The first kappa shape index (κ1) is 13.5. The van der Waals surface area contributed by atoms with E-state index in [-0.39, 0.29) is 5.41 Å². The zero-order chi connectivity index (χ0) is 13.0. The molecule has 3 heteroatoms.